The molecule has 7 nitrogen and oxygen atoms in total. The van der Waals surface area contributed by atoms with Crippen molar-refractivity contribution in [2.24, 2.45) is 0 Å². The van der Waals surface area contributed by atoms with Gasteiger partial charge in [-0.05, 0) is 17.2 Å². The van der Waals surface area contributed by atoms with Crippen molar-refractivity contribution in [1.82, 2.24) is 9.55 Å². The highest BCUT2D eigenvalue weighted by Gasteiger charge is 2.14. The van der Waals surface area contributed by atoms with Crippen LogP contribution in [0.25, 0.3) is 0 Å². The molecule has 0 aliphatic heterocycles. The van der Waals surface area contributed by atoms with E-state index in [1.807, 2.05) is 10.8 Å². The molecule has 0 unspecified atom stereocenters. The molecule has 1 N–H and O–H groups in total. The fourth-order valence-electron chi connectivity index (χ4n) is 2.50. The minimum atomic E-state index is -0.457. The zero-order chi connectivity index (χ0) is 17.6. The van der Waals surface area contributed by atoms with Gasteiger partial charge >= 0.3 is 5.69 Å². The zero-order valence-electron chi connectivity index (χ0n) is 13.8. The molecule has 1 heterocycles. The lowest BCUT2D eigenvalue weighted by Crippen LogP contribution is -2.02. The molecule has 0 saturated carbocycles. The van der Waals surface area contributed by atoms with Gasteiger partial charge in [0.05, 0.1) is 18.4 Å². The summed E-state index contributed by atoms with van der Waals surface area (Å²) in [7, 11) is 1.42. The number of nitro benzene ring substituents is 1. The molecule has 2 aromatic carbocycles. The second kappa shape index (κ2) is 7.48. The number of aromatic nitrogens is 2. The van der Waals surface area contributed by atoms with Gasteiger partial charge in [-0.15, -0.1) is 0 Å². The van der Waals surface area contributed by atoms with Gasteiger partial charge in [-0.2, -0.15) is 0 Å². The van der Waals surface area contributed by atoms with Crippen LogP contribution in [0.5, 0.6) is 5.75 Å². The van der Waals surface area contributed by atoms with Crippen LogP contribution in [0.15, 0.2) is 61.2 Å². The molecule has 3 aromatic rings. The third-order valence-electron chi connectivity index (χ3n) is 3.82. The molecule has 0 spiro atoms. The number of nitro groups is 1. The maximum Gasteiger partial charge on any atom is 0.311 e. The summed E-state index contributed by atoms with van der Waals surface area (Å²) in [6, 6.07) is 13.0. The van der Waals surface area contributed by atoms with Crippen molar-refractivity contribution in [3.63, 3.8) is 0 Å². The molecule has 128 valence electrons. The van der Waals surface area contributed by atoms with E-state index in [1.54, 1.807) is 24.7 Å². The van der Waals surface area contributed by atoms with Gasteiger partial charge in [0.1, 0.15) is 0 Å². The van der Waals surface area contributed by atoms with Gasteiger partial charge in [-0.25, -0.2) is 4.98 Å². The molecular formula is C18H18N4O3. The van der Waals surface area contributed by atoms with Crippen LogP contribution in [0, 0.1) is 10.1 Å². The van der Waals surface area contributed by atoms with E-state index >= 15 is 0 Å². The first-order valence-corrected chi connectivity index (χ1v) is 7.75. The second-order valence-corrected chi connectivity index (χ2v) is 5.55. The number of nitrogens with zero attached hydrogens (tertiary/aromatic N) is 3. The van der Waals surface area contributed by atoms with Crippen LogP contribution in [-0.4, -0.2) is 21.6 Å². The zero-order valence-corrected chi connectivity index (χ0v) is 13.8. The van der Waals surface area contributed by atoms with Crippen molar-refractivity contribution in [3.8, 4) is 5.75 Å². The highest BCUT2D eigenvalue weighted by atomic mass is 16.6. The Bertz CT molecular complexity index is 845. The topological polar surface area (TPSA) is 82.2 Å². The summed E-state index contributed by atoms with van der Waals surface area (Å²) >= 11 is 0. The third kappa shape index (κ3) is 4.14. The maximum atomic E-state index is 10.9. The minimum absolute atomic E-state index is 0.0445. The van der Waals surface area contributed by atoms with Crippen molar-refractivity contribution < 1.29 is 9.66 Å². The van der Waals surface area contributed by atoms with Gasteiger partial charge in [0, 0.05) is 43.3 Å². The molecule has 1 aromatic heterocycles. The lowest BCUT2D eigenvalue weighted by atomic mass is 10.1. The Hall–Kier alpha value is -3.35. The highest BCUT2D eigenvalue weighted by molar-refractivity contribution is 5.58. The van der Waals surface area contributed by atoms with Crippen LogP contribution >= 0.6 is 0 Å². The van der Waals surface area contributed by atoms with Gasteiger partial charge < -0.3 is 14.6 Å². The van der Waals surface area contributed by atoms with Crippen molar-refractivity contribution in [1.29, 1.82) is 0 Å². The number of nitrogens with one attached hydrogen (secondary N) is 1. The summed E-state index contributed by atoms with van der Waals surface area (Å²) in [6.07, 6.45) is 5.48. The normalized spacial score (nSPS) is 10.4. The summed E-state index contributed by atoms with van der Waals surface area (Å²) in [5.41, 5.74) is 3.03. The monoisotopic (exact) mass is 338 g/mol. The number of hydrogen-bond acceptors (Lipinski definition) is 5. The van der Waals surface area contributed by atoms with Crippen LogP contribution in [0.1, 0.15) is 11.1 Å². The molecule has 0 atom stereocenters. The van der Waals surface area contributed by atoms with Crippen molar-refractivity contribution in [2.75, 3.05) is 12.4 Å². The standard InChI is InChI=1S/C18H18N4O3/c1-25-18-10-16(6-7-17(18)22(23)24)20-11-14-2-4-15(5-3-14)12-21-9-8-19-13-21/h2-10,13,20H,11-12H2,1H3. The number of rotatable bonds is 7. The average Bonchev–Trinajstić information content (AvgIpc) is 3.13. The molecule has 0 aliphatic carbocycles. The molecule has 3 rings (SSSR count). The number of imidazole rings is 1. The number of ether oxygens (including phenoxy) is 1. The maximum absolute atomic E-state index is 10.9. The summed E-state index contributed by atoms with van der Waals surface area (Å²) in [4.78, 5) is 14.5. The van der Waals surface area contributed by atoms with Gasteiger partial charge in [0.2, 0.25) is 0 Å². The minimum Gasteiger partial charge on any atom is -0.490 e. The predicted molar refractivity (Wildman–Crippen MR) is 94.7 cm³/mol. The van der Waals surface area contributed by atoms with Crippen molar-refractivity contribution in [3.05, 3.63) is 82.4 Å². The molecule has 0 fully saturated rings. The van der Waals surface area contributed by atoms with Crippen LogP contribution < -0.4 is 10.1 Å². The van der Waals surface area contributed by atoms with Gasteiger partial charge in [-0.1, -0.05) is 24.3 Å². The highest BCUT2D eigenvalue weighted by Crippen LogP contribution is 2.29. The average molecular weight is 338 g/mol. The van der Waals surface area contributed by atoms with E-state index in [0.717, 1.165) is 17.8 Å². The predicted octanol–water partition coefficient (Wildman–Crippen LogP) is 3.46. The van der Waals surface area contributed by atoms with E-state index in [2.05, 4.69) is 34.6 Å². The Morgan fingerprint density at radius 3 is 2.60 bits per heavy atom. The molecule has 0 aliphatic rings. The Balaban J connectivity index is 1.62. The van der Waals surface area contributed by atoms with Crippen LogP contribution in [-0.2, 0) is 13.1 Å². The molecule has 7 heteroatoms. The first-order chi connectivity index (χ1) is 12.2. The van der Waals surface area contributed by atoms with Gasteiger partial charge in [-0.3, -0.25) is 10.1 Å². The van der Waals surface area contributed by atoms with E-state index in [9.17, 15) is 10.1 Å². The number of methoxy groups -OCH3 is 1. The van der Waals surface area contributed by atoms with E-state index in [1.165, 1.54) is 18.7 Å². The lowest BCUT2D eigenvalue weighted by molar-refractivity contribution is -0.385. The second-order valence-electron chi connectivity index (χ2n) is 5.55. The van der Waals surface area contributed by atoms with Crippen LogP contribution in [0.4, 0.5) is 11.4 Å². The van der Waals surface area contributed by atoms with Crippen molar-refractivity contribution >= 4 is 11.4 Å². The van der Waals surface area contributed by atoms with Gasteiger partial charge in [0.25, 0.3) is 0 Å². The number of benzene rings is 2. The quantitative estimate of drug-likeness (QED) is 0.527. The first kappa shape index (κ1) is 16.5. The smallest absolute Gasteiger partial charge is 0.311 e. The largest absolute Gasteiger partial charge is 0.490 e. The van der Waals surface area contributed by atoms with E-state index in [4.69, 9.17) is 4.74 Å². The molecule has 0 radical (unpaired) electrons. The molecule has 0 saturated heterocycles. The summed E-state index contributed by atoms with van der Waals surface area (Å²) in [5.74, 6) is 0.241. The summed E-state index contributed by atoms with van der Waals surface area (Å²) in [6.45, 7) is 1.40. The van der Waals surface area contributed by atoms with Crippen molar-refractivity contribution in [2.45, 2.75) is 13.1 Å². The molecule has 25 heavy (non-hydrogen) atoms. The van der Waals surface area contributed by atoms with E-state index in [0.29, 0.717) is 6.54 Å². The fourth-order valence-corrected chi connectivity index (χ4v) is 2.50. The number of anilines is 1. The third-order valence-corrected chi connectivity index (χ3v) is 3.82. The Kier molecular flexibility index (Phi) is 4.94. The summed E-state index contributed by atoms with van der Waals surface area (Å²) < 4.78 is 7.09. The van der Waals surface area contributed by atoms with E-state index in [-0.39, 0.29) is 11.4 Å². The fraction of sp³-hybridized carbons (Fsp3) is 0.167. The molecule has 0 amide bonds. The number of hydrogen-bond donors (Lipinski definition) is 1. The van der Waals surface area contributed by atoms with E-state index < -0.39 is 4.92 Å². The first-order valence-electron chi connectivity index (χ1n) is 7.75. The molecule has 0 bridgehead atoms. The summed E-state index contributed by atoms with van der Waals surface area (Å²) in [5, 5.41) is 14.2. The Morgan fingerprint density at radius 1 is 1.20 bits per heavy atom. The Morgan fingerprint density at radius 2 is 1.96 bits per heavy atom. The Labute approximate surface area is 145 Å². The van der Waals surface area contributed by atoms with Gasteiger partial charge in [0.15, 0.2) is 5.75 Å². The molecular weight excluding hydrogens is 320 g/mol. The SMILES string of the molecule is COc1cc(NCc2ccc(Cn3ccnc3)cc2)ccc1[N+](=O)[O-]. The van der Waals surface area contributed by atoms with Crippen LogP contribution in [0.2, 0.25) is 0 Å². The lowest BCUT2D eigenvalue weighted by Gasteiger charge is -2.09. The van der Waals surface area contributed by atoms with Crippen LogP contribution in [0.3, 0.4) is 0 Å².